The molecule has 1 fully saturated rings. The molecule has 4 atom stereocenters. The first kappa shape index (κ1) is 15.0. The predicted molar refractivity (Wildman–Crippen MR) is 72.2 cm³/mol. The van der Waals surface area contributed by atoms with Crippen molar-refractivity contribution in [2.24, 2.45) is 0 Å². The summed E-state index contributed by atoms with van der Waals surface area (Å²) in [6.07, 6.45) is -1.69. The van der Waals surface area contributed by atoms with E-state index >= 15 is 0 Å². The third kappa shape index (κ3) is 3.00. The summed E-state index contributed by atoms with van der Waals surface area (Å²) in [6.45, 7) is 3.56. The number of hydrogen-bond donors (Lipinski definition) is 1. The summed E-state index contributed by atoms with van der Waals surface area (Å²) in [4.78, 5) is 12.1. The van der Waals surface area contributed by atoms with Gasteiger partial charge in [-0.3, -0.25) is 0 Å². The Kier molecular flexibility index (Phi) is 4.42. The van der Waals surface area contributed by atoms with Gasteiger partial charge in [0, 0.05) is 13.5 Å². The van der Waals surface area contributed by atoms with Gasteiger partial charge in [-0.2, -0.15) is 0 Å². The van der Waals surface area contributed by atoms with E-state index in [9.17, 15) is 9.90 Å². The average molecular weight is 280 g/mol. The summed E-state index contributed by atoms with van der Waals surface area (Å²) in [5.74, 6) is -0.425. The molecule has 110 valence electrons. The Morgan fingerprint density at radius 1 is 1.40 bits per heavy atom. The minimum atomic E-state index is -0.915. The first-order valence-electron chi connectivity index (χ1n) is 6.61. The van der Waals surface area contributed by atoms with E-state index in [-0.39, 0.29) is 6.42 Å². The number of ether oxygens (including phenoxy) is 3. The van der Waals surface area contributed by atoms with E-state index in [4.69, 9.17) is 14.2 Å². The smallest absolute Gasteiger partial charge is 0.338 e. The first-order chi connectivity index (χ1) is 9.46. The van der Waals surface area contributed by atoms with Crippen molar-refractivity contribution in [3.8, 4) is 0 Å². The zero-order chi connectivity index (χ0) is 14.8. The van der Waals surface area contributed by atoms with Gasteiger partial charge in [0.25, 0.3) is 0 Å². The lowest BCUT2D eigenvalue weighted by molar-refractivity contribution is -0.263. The minimum Gasteiger partial charge on any atom is -0.453 e. The van der Waals surface area contributed by atoms with Crippen molar-refractivity contribution in [2.45, 2.75) is 44.4 Å². The number of benzene rings is 1. The van der Waals surface area contributed by atoms with E-state index in [1.54, 1.807) is 38.1 Å². The monoisotopic (exact) mass is 280 g/mol. The van der Waals surface area contributed by atoms with Crippen LogP contribution in [-0.2, 0) is 14.2 Å². The first-order valence-corrected chi connectivity index (χ1v) is 6.61. The number of methoxy groups -OCH3 is 1. The van der Waals surface area contributed by atoms with Crippen LogP contribution in [0.25, 0.3) is 0 Å². The highest BCUT2D eigenvalue weighted by molar-refractivity contribution is 5.89. The van der Waals surface area contributed by atoms with E-state index in [0.717, 1.165) is 0 Å². The average Bonchev–Trinajstić information content (AvgIpc) is 2.43. The summed E-state index contributed by atoms with van der Waals surface area (Å²) >= 11 is 0. The topological polar surface area (TPSA) is 65.0 Å². The van der Waals surface area contributed by atoms with Crippen LogP contribution in [0.3, 0.4) is 0 Å². The largest absolute Gasteiger partial charge is 0.453 e. The Hall–Kier alpha value is -1.43. The fourth-order valence-electron chi connectivity index (χ4n) is 2.50. The van der Waals surface area contributed by atoms with E-state index < -0.39 is 30.1 Å². The van der Waals surface area contributed by atoms with Gasteiger partial charge in [0.15, 0.2) is 12.4 Å². The fourth-order valence-corrected chi connectivity index (χ4v) is 2.50. The van der Waals surface area contributed by atoms with E-state index in [1.807, 2.05) is 6.07 Å². The Balaban J connectivity index is 2.15. The van der Waals surface area contributed by atoms with Crippen molar-refractivity contribution in [3.63, 3.8) is 0 Å². The van der Waals surface area contributed by atoms with Gasteiger partial charge < -0.3 is 19.3 Å². The maximum absolute atomic E-state index is 12.1. The van der Waals surface area contributed by atoms with Crippen molar-refractivity contribution in [3.05, 3.63) is 35.9 Å². The van der Waals surface area contributed by atoms with Crippen molar-refractivity contribution in [1.82, 2.24) is 0 Å². The molecule has 0 bridgehead atoms. The number of aliphatic hydroxyl groups is 1. The highest BCUT2D eigenvalue weighted by Crippen LogP contribution is 2.33. The molecule has 2 rings (SSSR count). The van der Waals surface area contributed by atoms with Gasteiger partial charge in [0.2, 0.25) is 0 Å². The maximum atomic E-state index is 12.1. The summed E-state index contributed by atoms with van der Waals surface area (Å²) in [5, 5.41) is 9.67. The maximum Gasteiger partial charge on any atom is 0.338 e. The van der Waals surface area contributed by atoms with Crippen LogP contribution in [0.15, 0.2) is 30.3 Å². The van der Waals surface area contributed by atoms with Gasteiger partial charge in [0.05, 0.1) is 11.7 Å². The second-order valence-electron chi connectivity index (χ2n) is 5.21. The summed E-state index contributed by atoms with van der Waals surface area (Å²) in [5.41, 5.74) is -0.300. The molecular weight excluding hydrogens is 260 g/mol. The lowest BCUT2D eigenvalue weighted by Crippen LogP contribution is -2.57. The molecule has 5 nitrogen and oxygen atoms in total. The van der Waals surface area contributed by atoms with Gasteiger partial charge >= 0.3 is 5.97 Å². The molecule has 0 amide bonds. The highest BCUT2D eigenvalue weighted by atomic mass is 16.6. The fraction of sp³-hybridized carbons (Fsp3) is 0.533. The third-order valence-electron chi connectivity index (χ3n) is 3.69. The molecule has 5 heteroatoms. The Bertz CT molecular complexity index is 461. The summed E-state index contributed by atoms with van der Waals surface area (Å²) in [6, 6.07) is 8.76. The zero-order valence-electron chi connectivity index (χ0n) is 11.9. The predicted octanol–water partition coefficient (Wildman–Crippen LogP) is 1.74. The number of rotatable bonds is 3. The molecule has 0 spiro atoms. The van der Waals surface area contributed by atoms with Gasteiger partial charge in [-0.15, -0.1) is 0 Å². The van der Waals surface area contributed by atoms with Crippen LogP contribution >= 0.6 is 0 Å². The molecule has 1 aliphatic heterocycles. The molecule has 1 aromatic carbocycles. The molecule has 1 aromatic rings. The summed E-state index contributed by atoms with van der Waals surface area (Å²) < 4.78 is 16.3. The SMILES string of the molecule is CO[C@]1(C)CC(O)O[C@@H](C)[C@@H]1OC(=O)c1ccccc1. The van der Waals surface area contributed by atoms with Crippen molar-refractivity contribution in [2.75, 3.05) is 7.11 Å². The molecule has 20 heavy (non-hydrogen) atoms. The third-order valence-corrected chi connectivity index (χ3v) is 3.69. The van der Waals surface area contributed by atoms with Crippen molar-refractivity contribution in [1.29, 1.82) is 0 Å². The molecule has 0 saturated carbocycles. The number of esters is 1. The van der Waals surface area contributed by atoms with Gasteiger partial charge in [-0.1, -0.05) is 18.2 Å². The van der Waals surface area contributed by atoms with E-state index in [2.05, 4.69) is 0 Å². The number of aliphatic hydroxyl groups excluding tert-OH is 1. The van der Waals surface area contributed by atoms with Crippen LogP contribution in [-0.4, -0.2) is 42.3 Å². The number of carbonyl (C=O) groups is 1. The minimum absolute atomic E-state index is 0.251. The Morgan fingerprint density at radius 3 is 2.65 bits per heavy atom. The van der Waals surface area contributed by atoms with Gasteiger partial charge in [-0.25, -0.2) is 4.79 Å². The standard InChI is InChI=1S/C15H20O5/c1-10-13(15(2,18-3)9-12(16)19-10)20-14(17)11-7-5-4-6-8-11/h4-8,10,12-13,16H,9H2,1-3H3/t10-,12?,13-,15+/m0/s1. The lowest BCUT2D eigenvalue weighted by Gasteiger charge is -2.44. The normalized spacial score (nSPS) is 33.7. The van der Waals surface area contributed by atoms with Crippen molar-refractivity contribution < 1.29 is 24.1 Å². The van der Waals surface area contributed by atoms with E-state index in [0.29, 0.717) is 5.56 Å². The Morgan fingerprint density at radius 2 is 2.05 bits per heavy atom. The van der Waals surface area contributed by atoms with Crippen LogP contribution in [0.5, 0.6) is 0 Å². The number of carbonyl (C=O) groups excluding carboxylic acids is 1. The van der Waals surface area contributed by atoms with Crippen LogP contribution in [0.1, 0.15) is 30.6 Å². The molecule has 0 aliphatic carbocycles. The molecule has 0 aromatic heterocycles. The molecule has 0 radical (unpaired) electrons. The second-order valence-corrected chi connectivity index (χ2v) is 5.21. The van der Waals surface area contributed by atoms with Crippen molar-refractivity contribution >= 4 is 5.97 Å². The molecular formula is C15H20O5. The Labute approximate surface area is 118 Å². The zero-order valence-corrected chi connectivity index (χ0v) is 11.9. The quantitative estimate of drug-likeness (QED) is 0.854. The second kappa shape index (κ2) is 5.91. The molecule has 1 unspecified atom stereocenters. The van der Waals surface area contributed by atoms with Crippen LogP contribution in [0, 0.1) is 0 Å². The van der Waals surface area contributed by atoms with Crippen LogP contribution in [0.2, 0.25) is 0 Å². The highest BCUT2D eigenvalue weighted by Gasteiger charge is 2.47. The molecule has 1 heterocycles. The van der Waals surface area contributed by atoms with E-state index in [1.165, 1.54) is 7.11 Å². The van der Waals surface area contributed by atoms with Gasteiger partial charge in [0.1, 0.15) is 5.60 Å². The van der Waals surface area contributed by atoms with Crippen LogP contribution in [0.4, 0.5) is 0 Å². The molecule has 1 aliphatic rings. The molecule has 1 saturated heterocycles. The summed E-state index contributed by atoms with van der Waals surface area (Å²) in [7, 11) is 1.54. The van der Waals surface area contributed by atoms with Gasteiger partial charge in [-0.05, 0) is 26.0 Å². The lowest BCUT2D eigenvalue weighted by atomic mass is 9.88. The molecule has 1 N–H and O–H groups in total. The van der Waals surface area contributed by atoms with Crippen LogP contribution < -0.4 is 0 Å². The number of hydrogen-bond acceptors (Lipinski definition) is 5.